The molecule has 1 aromatic carbocycles. The highest BCUT2D eigenvalue weighted by atomic mass is 19.4. The van der Waals surface area contributed by atoms with Gasteiger partial charge in [-0.2, -0.15) is 13.2 Å². The van der Waals surface area contributed by atoms with Gasteiger partial charge >= 0.3 is 18.1 Å². The molecule has 1 atom stereocenters. The minimum absolute atomic E-state index is 0.114. The highest BCUT2D eigenvalue weighted by Gasteiger charge is 2.52. The number of nitrogens with one attached hydrogen (secondary N) is 1. The lowest BCUT2D eigenvalue weighted by Gasteiger charge is -2.27. The highest BCUT2D eigenvalue weighted by molar-refractivity contribution is 5.96. The van der Waals surface area contributed by atoms with Crippen LogP contribution in [0.1, 0.15) is 13.8 Å². The van der Waals surface area contributed by atoms with Crippen LogP contribution in [0.4, 0.5) is 23.2 Å². The molecule has 1 aromatic rings. The molecule has 1 rings (SSSR count). The van der Waals surface area contributed by atoms with Crippen LogP contribution in [-0.2, 0) is 19.1 Å². The third kappa shape index (κ3) is 5.39. The molecule has 0 heterocycles. The first kappa shape index (κ1) is 19.7. The Morgan fingerprint density at radius 1 is 1.04 bits per heavy atom. The van der Waals surface area contributed by atoms with E-state index in [1.54, 1.807) is 0 Å². The second-order valence-electron chi connectivity index (χ2n) is 4.65. The highest BCUT2D eigenvalue weighted by Crippen LogP contribution is 2.30. The number of benzene rings is 1. The quantitative estimate of drug-likeness (QED) is 0.465. The molecule has 1 N–H and O–H groups in total. The number of halogens is 4. The standard InChI is InChI=1S/C15H17F4NO4/c1-3-23-13(21)11(14(22)24-4-2)12(15(17,18)19)20-10-7-5-9(16)6-8-10/h5-8,11-12,20H,3-4H2,1-2H3. The van der Waals surface area contributed by atoms with Gasteiger partial charge in [-0.3, -0.25) is 9.59 Å². The predicted molar refractivity (Wildman–Crippen MR) is 76.6 cm³/mol. The monoisotopic (exact) mass is 351 g/mol. The van der Waals surface area contributed by atoms with Crippen molar-refractivity contribution in [2.24, 2.45) is 5.92 Å². The average molecular weight is 351 g/mol. The van der Waals surface area contributed by atoms with E-state index in [-0.39, 0.29) is 18.9 Å². The maximum absolute atomic E-state index is 13.4. The SMILES string of the molecule is CCOC(=O)C(C(=O)OCC)C(Nc1ccc(F)cc1)C(F)(F)F. The molecule has 1 unspecified atom stereocenters. The topological polar surface area (TPSA) is 64.6 Å². The Kier molecular flexibility index (Phi) is 6.99. The van der Waals surface area contributed by atoms with Crippen LogP contribution >= 0.6 is 0 Å². The molecular formula is C15H17F4NO4. The van der Waals surface area contributed by atoms with Crippen molar-refractivity contribution >= 4 is 17.6 Å². The van der Waals surface area contributed by atoms with E-state index in [0.29, 0.717) is 0 Å². The summed E-state index contributed by atoms with van der Waals surface area (Å²) in [5.74, 6) is -5.59. The zero-order valence-corrected chi connectivity index (χ0v) is 13.0. The largest absolute Gasteiger partial charge is 0.465 e. The van der Waals surface area contributed by atoms with Gasteiger partial charge in [0.2, 0.25) is 0 Å². The van der Waals surface area contributed by atoms with E-state index < -0.39 is 35.9 Å². The van der Waals surface area contributed by atoms with Gasteiger partial charge in [-0.1, -0.05) is 0 Å². The van der Waals surface area contributed by atoms with Gasteiger partial charge in [-0.05, 0) is 38.1 Å². The molecule has 0 aliphatic rings. The minimum atomic E-state index is -4.96. The van der Waals surface area contributed by atoms with Gasteiger partial charge in [0, 0.05) is 5.69 Å². The Labute approximate surface area is 135 Å². The predicted octanol–water partition coefficient (Wildman–Crippen LogP) is 2.91. The molecule has 0 spiro atoms. The van der Waals surface area contributed by atoms with E-state index in [0.717, 1.165) is 24.3 Å². The molecule has 0 amide bonds. The summed E-state index contributed by atoms with van der Waals surface area (Å²) in [6, 6.07) is 1.42. The van der Waals surface area contributed by atoms with Crippen LogP contribution in [0, 0.1) is 11.7 Å². The lowest BCUT2D eigenvalue weighted by Crippen LogP contribution is -2.50. The summed E-state index contributed by atoms with van der Waals surface area (Å²) >= 11 is 0. The van der Waals surface area contributed by atoms with E-state index in [4.69, 9.17) is 0 Å². The number of hydrogen-bond donors (Lipinski definition) is 1. The van der Waals surface area contributed by atoms with Crippen molar-refractivity contribution in [2.75, 3.05) is 18.5 Å². The van der Waals surface area contributed by atoms with Crippen molar-refractivity contribution < 1.29 is 36.6 Å². The number of anilines is 1. The fraction of sp³-hybridized carbons (Fsp3) is 0.467. The zero-order valence-electron chi connectivity index (χ0n) is 13.0. The van der Waals surface area contributed by atoms with Crippen molar-refractivity contribution in [3.05, 3.63) is 30.1 Å². The third-order valence-corrected chi connectivity index (χ3v) is 2.93. The van der Waals surface area contributed by atoms with Gasteiger partial charge in [-0.25, -0.2) is 4.39 Å². The summed E-state index contributed by atoms with van der Waals surface area (Å²) in [5, 5.41) is 2.03. The first-order valence-corrected chi connectivity index (χ1v) is 7.12. The van der Waals surface area contributed by atoms with Gasteiger partial charge in [-0.15, -0.1) is 0 Å². The molecule has 5 nitrogen and oxygen atoms in total. The summed E-state index contributed by atoms with van der Waals surface area (Å²) in [7, 11) is 0. The number of ether oxygens (including phenoxy) is 2. The molecule has 0 aliphatic heterocycles. The number of carbonyl (C=O) groups excluding carboxylic acids is 2. The average Bonchev–Trinajstić information content (AvgIpc) is 2.48. The zero-order chi connectivity index (χ0) is 18.3. The normalized spacial score (nSPS) is 12.6. The molecule has 24 heavy (non-hydrogen) atoms. The Morgan fingerprint density at radius 2 is 1.50 bits per heavy atom. The second-order valence-corrected chi connectivity index (χ2v) is 4.65. The van der Waals surface area contributed by atoms with E-state index in [2.05, 4.69) is 9.47 Å². The number of rotatable bonds is 7. The molecule has 134 valence electrons. The summed E-state index contributed by atoms with van der Waals surface area (Å²) < 4.78 is 62.2. The fourth-order valence-electron chi connectivity index (χ4n) is 1.91. The molecule has 0 saturated carbocycles. The van der Waals surface area contributed by atoms with Crippen molar-refractivity contribution in [3.63, 3.8) is 0 Å². The maximum atomic E-state index is 13.4. The molecule has 0 saturated heterocycles. The van der Waals surface area contributed by atoms with Crippen LogP contribution < -0.4 is 5.32 Å². The van der Waals surface area contributed by atoms with Gasteiger partial charge in [0.1, 0.15) is 11.9 Å². The number of hydrogen-bond acceptors (Lipinski definition) is 5. The van der Waals surface area contributed by atoms with Crippen LogP contribution in [0.5, 0.6) is 0 Å². The lowest BCUT2D eigenvalue weighted by atomic mass is 9.98. The van der Waals surface area contributed by atoms with Crippen molar-refractivity contribution in [1.82, 2.24) is 0 Å². The van der Waals surface area contributed by atoms with Crippen LogP contribution in [0.25, 0.3) is 0 Å². The number of carbonyl (C=O) groups is 2. The molecule has 0 aromatic heterocycles. The first-order valence-electron chi connectivity index (χ1n) is 7.12. The second kappa shape index (κ2) is 8.51. The molecular weight excluding hydrogens is 334 g/mol. The van der Waals surface area contributed by atoms with Crippen molar-refractivity contribution in [2.45, 2.75) is 26.1 Å². The Bertz CT molecular complexity index is 542. The minimum Gasteiger partial charge on any atom is -0.465 e. The fourth-order valence-corrected chi connectivity index (χ4v) is 1.91. The van der Waals surface area contributed by atoms with Gasteiger partial charge < -0.3 is 14.8 Å². The molecule has 0 radical (unpaired) electrons. The molecule has 0 bridgehead atoms. The Balaban J connectivity index is 3.18. The first-order chi connectivity index (χ1) is 11.2. The van der Waals surface area contributed by atoms with E-state index >= 15 is 0 Å². The Morgan fingerprint density at radius 3 is 1.88 bits per heavy atom. The van der Waals surface area contributed by atoms with E-state index in [1.807, 2.05) is 5.32 Å². The van der Waals surface area contributed by atoms with Crippen LogP contribution in [0.3, 0.4) is 0 Å². The van der Waals surface area contributed by atoms with Crippen LogP contribution in [0.15, 0.2) is 24.3 Å². The molecule has 0 aliphatic carbocycles. The summed E-state index contributed by atoms with van der Waals surface area (Å²) in [6.45, 7) is 2.40. The molecule has 0 fully saturated rings. The van der Waals surface area contributed by atoms with Gasteiger partial charge in [0.05, 0.1) is 13.2 Å². The third-order valence-electron chi connectivity index (χ3n) is 2.93. The lowest BCUT2D eigenvalue weighted by molar-refractivity contribution is -0.184. The summed E-state index contributed by atoms with van der Waals surface area (Å²) in [4.78, 5) is 23.7. The van der Waals surface area contributed by atoms with Crippen LogP contribution in [-0.4, -0.2) is 37.4 Å². The van der Waals surface area contributed by atoms with Crippen LogP contribution in [0.2, 0.25) is 0 Å². The van der Waals surface area contributed by atoms with Crippen molar-refractivity contribution in [3.8, 4) is 0 Å². The number of alkyl halides is 3. The van der Waals surface area contributed by atoms with Gasteiger partial charge in [0.25, 0.3) is 0 Å². The number of esters is 2. The van der Waals surface area contributed by atoms with Gasteiger partial charge in [0.15, 0.2) is 5.92 Å². The summed E-state index contributed by atoms with van der Waals surface area (Å²) in [6.07, 6.45) is -4.96. The summed E-state index contributed by atoms with van der Waals surface area (Å²) in [5.41, 5.74) is -0.114. The van der Waals surface area contributed by atoms with E-state index in [1.165, 1.54) is 13.8 Å². The van der Waals surface area contributed by atoms with E-state index in [9.17, 15) is 27.2 Å². The smallest absolute Gasteiger partial charge is 0.409 e. The maximum Gasteiger partial charge on any atom is 0.409 e. The Hall–Kier alpha value is -2.32. The molecule has 9 heteroatoms. The van der Waals surface area contributed by atoms with Crippen molar-refractivity contribution in [1.29, 1.82) is 0 Å².